The Morgan fingerprint density at radius 3 is 2.50 bits per heavy atom. The summed E-state index contributed by atoms with van der Waals surface area (Å²) >= 11 is 0. The lowest BCUT2D eigenvalue weighted by Gasteiger charge is -2.03. The lowest BCUT2D eigenvalue weighted by Crippen LogP contribution is -1.88. The lowest BCUT2D eigenvalue weighted by molar-refractivity contribution is 0.415. The van der Waals surface area contributed by atoms with E-state index in [0.717, 1.165) is 22.4 Å². The van der Waals surface area contributed by atoms with E-state index in [0.29, 0.717) is 11.5 Å². The standard InChI is InChI=1S/C15H14N2O3/c1-9-7-8-19-14(9)13-12(15(16)20-17-13)10-3-5-11(18-2)6-4-10/h3-8H,16H2,1-2H3. The maximum absolute atomic E-state index is 5.90. The summed E-state index contributed by atoms with van der Waals surface area (Å²) in [6.45, 7) is 1.95. The molecule has 0 spiro atoms. The van der Waals surface area contributed by atoms with Crippen LogP contribution in [0.2, 0.25) is 0 Å². The van der Waals surface area contributed by atoms with Crippen LogP contribution in [-0.2, 0) is 0 Å². The quantitative estimate of drug-likeness (QED) is 0.788. The van der Waals surface area contributed by atoms with Gasteiger partial charge in [-0.2, -0.15) is 0 Å². The molecule has 0 atom stereocenters. The van der Waals surface area contributed by atoms with Gasteiger partial charge in [-0.05, 0) is 36.2 Å². The first-order valence-corrected chi connectivity index (χ1v) is 6.14. The molecule has 1 aromatic carbocycles. The van der Waals surface area contributed by atoms with Crippen LogP contribution in [0.15, 0.2) is 45.5 Å². The average molecular weight is 270 g/mol. The van der Waals surface area contributed by atoms with E-state index in [1.54, 1.807) is 13.4 Å². The number of methoxy groups -OCH3 is 1. The predicted molar refractivity (Wildman–Crippen MR) is 75.3 cm³/mol. The highest BCUT2D eigenvalue weighted by Crippen LogP contribution is 2.38. The number of benzene rings is 1. The molecule has 5 heteroatoms. The van der Waals surface area contributed by atoms with E-state index in [1.165, 1.54) is 0 Å². The fourth-order valence-electron chi connectivity index (χ4n) is 2.11. The lowest BCUT2D eigenvalue weighted by atomic mass is 10.0. The number of hydrogen-bond acceptors (Lipinski definition) is 5. The first-order chi connectivity index (χ1) is 9.70. The average Bonchev–Trinajstić information content (AvgIpc) is 3.05. The SMILES string of the molecule is COc1ccc(-c2c(-c3occc3C)noc2N)cc1. The Morgan fingerprint density at radius 1 is 1.15 bits per heavy atom. The highest BCUT2D eigenvalue weighted by atomic mass is 16.5. The van der Waals surface area contributed by atoms with Crippen molar-refractivity contribution in [2.24, 2.45) is 0 Å². The number of aromatic nitrogens is 1. The van der Waals surface area contributed by atoms with Crippen LogP contribution in [0, 0.1) is 6.92 Å². The van der Waals surface area contributed by atoms with Gasteiger partial charge in [-0.15, -0.1) is 0 Å². The summed E-state index contributed by atoms with van der Waals surface area (Å²) in [5.74, 6) is 1.71. The predicted octanol–water partition coefficient (Wildman–Crippen LogP) is 3.50. The van der Waals surface area contributed by atoms with Crippen LogP contribution in [0.3, 0.4) is 0 Å². The summed E-state index contributed by atoms with van der Waals surface area (Å²) in [7, 11) is 1.63. The number of ether oxygens (including phenoxy) is 1. The van der Waals surface area contributed by atoms with Gasteiger partial charge in [-0.1, -0.05) is 17.3 Å². The molecule has 0 aliphatic carbocycles. The molecule has 0 unspecified atom stereocenters. The van der Waals surface area contributed by atoms with Crippen molar-refractivity contribution in [3.63, 3.8) is 0 Å². The minimum atomic E-state index is 0.265. The Balaban J connectivity index is 2.13. The molecule has 0 saturated heterocycles. The summed E-state index contributed by atoms with van der Waals surface area (Å²) in [4.78, 5) is 0. The van der Waals surface area contributed by atoms with E-state index >= 15 is 0 Å². The topological polar surface area (TPSA) is 74.4 Å². The van der Waals surface area contributed by atoms with Gasteiger partial charge in [-0.3, -0.25) is 0 Å². The molecule has 0 saturated carbocycles. The minimum Gasteiger partial charge on any atom is -0.497 e. The number of nitrogens with zero attached hydrogens (tertiary/aromatic N) is 1. The maximum Gasteiger partial charge on any atom is 0.230 e. The van der Waals surface area contributed by atoms with Crippen LogP contribution in [-0.4, -0.2) is 12.3 Å². The smallest absolute Gasteiger partial charge is 0.230 e. The molecule has 0 radical (unpaired) electrons. The van der Waals surface area contributed by atoms with Crippen molar-refractivity contribution in [3.05, 3.63) is 42.2 Å². The van der Waals surface area contributed by atoms with Crippen molar-refractivity contribution >= 4 is 5.88 Å². The molecule has 3 rings (SSSR count). The summed E-state index contributed by atoms with van der Waals surface area (Å²) in [5, 5.41) is 4.01. The fraction of sp³-hybridized carbons (Fsp3) is 0.133. The van der Waals surface area contributed by atoms with Crippen molar-refractivity contribution < 1.29 is 13.7 Å². The molecule has 3 aromatic rings. The van der Waals surface area contributed by atoms with Crippen molar-refractivity contribution in [2.75, 3.05) is 12.8 Å². The van der Waals surface area contributed by atoms with E-state index in [2.05, 4.69) is 5.16 Å². The number of furan rings is 1. The summed E-state index contributed by atoms with van der Waals surface area (Å²) in [6.07, 6.45) is 1.62. The van der Waals surface area contributed by atoms with Crippen LogP contribution in [0.4, 0.5) is 5.88 Å². The fourth-order valence-corrected chi connectivity index (χ4v) is 2.11. The van der Waals surface area contributed by atoms with Gasteiger partial charge in [0.1, 0.15) is 5.75 Å². The van der Waals surface area contributed by atoms with Crippen LogP contribution in [0.5, 0.6) is 5.75 Å². The van der Waals surface area contributed by atoms with Gasteiger partial charge in [0, 0.05) is 0 Å². The third-order valence-corrected chi connectivity index (χ3v) is 3.17. The monoisotopic (exact) mass is 270 g/mol. The van der Waals surface area contributed by atoms with E-state index in [4.69, 9.17) is 19.4 Å². The second-order valence-electron chi connectivity index (χ2n) is 4.43. The number of aryl methyl sites for hydroxylation is 1. The zero-order chi connectivity index (χ0) is 14.1. The number of hydrogen-bond donors (Lipinski definition) is 1. The Bertz CT molecular complexity index is 726. The Morgan fingerprint density at radius 2 is 1.90 bits per heavy atom. The van der Waals surface area contributed by atoms with Crippen LogP contribution < -0.4 is 10.5 Å². The van der Waals surface area contributed by atoms with Crippen molar-refractivity contribution in [1.29, 1.82) is 0 Å². The Kier molecular flexibility index (Phi) is 2.95. The summed E-state index contributed by atoms with van der Waals surface area (Å²) in [6, 6.07) is 9.41. The Hall–Kier alpha value is -2.69. The van der Waals surface area contributed by atoms with E-state index in [-0.39, 0.29) is 5.88 Å². The third-order valence-electron chi connectivity index (χ3n) is 3.17. The minimum absolute atomic E-state index is 0.265. The molecule has 0 aliphatic rings. The number of anilines is 1. The molecule has 2 aromatic heterocycles. The van der Waals surface area contributed by atoms with Gasteiger partial charge < -0.3 is 19.4 Å². The highest BCUT2D eigenvalue weighted by molar-refractivity contribution is 5.86. The van der Waals surface area contributed by atoms with Gasteiger partial charge >= 0.3 is 0 Å². The van der Waals surface area contributed by atoms with Gasteiger partial charge in [0.05, 0.1) is 18.9 Å². The highest BCUT2D eigenvalue weighted by Gasteiger charge is 2.21. The molecular formula is C15H14N2O3. The summed E-state index contributed by atoms with van der Waals surface area (Å²) in [5.41, 5.74) is 9.11. The molecule has 0 aliphatic heterocycles. The van der Waals surface area contributed by atoms with Gasteiger partial charge in [-0.25, -0.2) is 0 Å². The Labute approximate surface area is 115 Å². The van der Waals surface area contributed by atoms with Crippen LogP contribution in [0.25, 0.3) is 22.6 Å². The van der Waals surface area contributed by atoms with E-state index in [9.17, 15) is 0 Å². The molecule has 0 fully saturated rings. The number of rotatable bonds is 3. The second-order valence-corrected chi connectivity index (χ2v) is 4.43. The third kappa shape index (κ3) is 1.93. The van der Waals surface area contributed by atoms with Crippen LogP contribution >= 0.6 is 0 Å². The molecule has 0 bridgehead atoms. The van der Waals surface area contributed by atoms with Gasteiger partial charge in [0.25, 0.3) is 0 Å². The molecule has 20 heavy (non-hydrogen) atoms. The van der Waals surface area contributed by atoms with E-state index < -0.39 is 0 Å². The molecular weight excluding hydrogens is 256 g/mol. The molecule has 2 heterocycles. The molecule has 5 nitrogen and oxygen atoms in total. The molecule has 102 valence electrons. The number of nitrogen functional groups attached to an aromatic ring is 1. The zero-order valence-corrected chi connectivity index (χ0v) is 11.2. The maximum atomic E-state index is 5.90. The summed E-state index contributed by atoms with van der Waals surface area (Å²) < 4.78 is 15.7. The largest absolute Gasteiger partial charge is 0.497 e. The van der Waals surface area contributed by atoms with Gasteiger partial charge in [0.15, 0.2) is 11.5 Å². The van der Waals surface area contributed by atoms with Gasteiger partial charge in [0.2, 0.25) is 5.88 Å². The second kappa shape index (κ2) is 4.77. The molecule has 2 N–H and O–H groups in total. The van der Waals surface area contributed by atoms with E-state index in [1.807, 2.05) is 37.3 Å². The number of nitrogens with two attached hydrogens (primary N) is 1. The normalized spacial score (nSPS) is 10.7. The zero-order valence-electron chi connectivity index (χ0n) is 11.2. The molecule has 0 amide bonds. The van der Waals surface area contributed by atoms with Crippen LogP contribution in [0.1, 0.15) is 5.56 Å². The first-order valence-electron chi connectivity index (χ1n) is 6.14. The van der Waals surface area contributed by atoms with Crippen molar-refractivity contribution in [2.45, 2.75) is 6.92 Å². The van der Waals surface area contributed by atoms with Crippen molar-refractivity contribution in [3.8, 4) is 28.3 Å². The first kappa shape index (κ1) is 12.3. The van der Waals surface area contributed by atoms with Crippen molar-refractivity contribution in [1.82, 2.24) is 5.16 Å².